The molecule has 2 aromatic rings. The monoisotopic (exact) mass is 365 g/mol. The van der Waals surface area contributed by atoms with Gasteiger partial charge >= 0.3 is 5.97 Å². The molecule has 0 fully saturated rings. The van der Waals surface area contributed by atoms with Crippen LogP contribution in [-0.2, 0) is 16.6 Å². The first-order valence-corrected chi connectivity index (χ1v) is 9.37. The van der Waals surface area contributed by atoms with Crippen molar-refractivity contribution >= 4 is 50.3 Å². The fourth-order valence-corrected chi connectivity index (χ4v) is 5.59. The smallest absolute Gasteiger partial charge is 0.345 e. The van der Waals surface area contributed by atoms with Crippen LogP contribution in [0.1, 0.15) is 21.5 Å². The van der Waals surface area contributed by atoms with E-state index in [0.29, 0.717) is 4.34 Å². The first-order valence-electron chi connectivity index (χ1n) is 5.92. The molecular weight excluding hydrogens is 354 g/mol. The summed E-state index contributed by atoms with van der Waals surface area (Å²) in [7, 11) is -3.70. The van der Waals surface area contributed by atoms with Gasteiger partial charge in [0, 0.05) is 18.0 Å². The normalized spacial score (nSPS) is 12.0. The van der Waals surface area contributed by atoms with Crippen LogP contribution in [0, 0.1) is 0 Å². The maximum atomic E-state index is 12.5. The van der Waals surface area contributed by atoms with Crippen molar-refractivity contribution in [2.24, 2.45) is 0 Å². The second kappa shape index (κ2) is 6.45. The first kappa shape index (κ1) is 16.4. The lowest BCUT2D eigenvalue weighted by molar-refractivity contribution is 0.0702. The van der Waals surface area contributed by atoms with Crippen molar-refractivity contribution in [3.63, 3.8) is 0 Å². The van der Waals surface area contributed by atoms with Crippen LogP contribution in [-0.4, -0.2) is 30.3 Å². The Balaban J connectivity index is 2.28. The van der Waals surface area contributed by atoms with Gasteiger partial charge in [0.15, 0.2) is 0 Å². The molecule has 1 N–H and O–H groups in total. The maximum Gasteiger partial charge on any atom is 0.345 e. The molecule has 0 atom stereocenters. The molecular formula is C12H12ClNO4S3. The average Bonchev–Trinajstić information content (AvgIpc) is 3.04. The molecule has 0 spiro atoms. The van der Waals surface area contributed by atoms with E-state index in [1.807, 2.05) is 0 Å². The third kappa shape index (κ3) is 3.64. The minimum Gasteiger partial charge on any atom is -0.477 e. The van der Waals surface area contributed by atoms with Crippen LogP contribution >= 0.6 is 34.3 Å². The minimum absolute atomic E-state index is 0.00351. The zero-order chi connectivity index (χ0) is 15.6. The number of thiophene rings is 2. The Morgan fingerprint density at radius 1 is 1.29 bits per heavy atom. The van der Waals surface area contributed by atoms with Crippen LogP contribution in [0.2, 0.25) is 4.34 Å². The van der Waals surface area contributed by atoms with Crippen molar-refractivity contribution in [2.45, 2.75) is 17.7 Å². The topological polar surface area (TPSA) is 74.7 Å². The molecule has 9 heteroatoms. The lowest BCUT2D eigenvalue weighted by atomic mass is 10.4. The molecule has 0 aliphatic heterocycles. The largest absolute Gasteiger partial charge is 0.477 e. The van der Waals surface area contributed by atoms with Crippen LogP contribution in [0.15, 0.2) is 28.5 Å². The molecule has 0 bridgehead atoms. The first-order chi connectivity index (χ1) is 9.84. The van der Waals surface area contributed by atoms with Gasteiger partial charge in [-0.05, 0) is 24.3 Å². The Morgan fingerprint density at radius 3 is 2.48 bits per heavy atom. The van der Waals surface area contributed by atoms with Crippen molar-refractivity contribution in [3.05, 3.63) is 38.4 Å². The molecule has 0 unspecified atom stereocenters. The molecule has 0 amide bonds. The van der Waals surface area contributed by atoms with E-state index in [1.54, 1.807) is 19.1 Å². The van der Waals surface area contributed by atoms with Gasteiger partial charge < -0.3 is 5.11 Å². The van der Waals surface area contributed by atoms with E-state index < -0.39 is 16.0 Å². The number of carboxylic acids is 1. The molecule has 0 radical (unpaired) electrons. The van der Waals surface area contributed by atoms with Crippen molar-refractivity contribution in [1.29, 1.82) is 0 Å². The van der Waals surface area contributed by atoms with Crippen molar-refractivity contribution < 1.29 is 18.3 Å². The van der Waals surface area contributed by atoms with Gasteiger partial charge in [-0.2, -0.15) is 4.31 Å². The highest BCUT2D eigenvalue weighted by Gasteiger charge is 2.26. The summed E-state index contributed by atoms with van der Waals surface area (Å²) in [4.78, 5) is 11.7. The van der Waals surface area contributed by atoms with Crippen LogP contribution in [0.4, 0.5) is 0 Å². The summed E-state index contributed by atoms with van der Waals surface area (Å²) in [5.41, 5.74) is 0. The molecule has 2 aromatic heterocycles. The van der Waals surface area contributed by atoms with Gasteiger partial charge in [0.05, 0.1) is 4.34 Å². The minimum atomic E-state index is -3.70. The number of rotatable bonds is 6. The Hall–Kier alpha value is -0.930. The Morgan fingerprint density at radius 2 is 2.00 bits per heavy atom. The molecule has 21 heavy (non-hydrogen) atoms. The van der Waals surface area contributed by atoms with Crippen LogP contribution in [0.3, 0.4) is 0 Å². The highest BCUT2D eigenvalue weighted by Crippen LogP contribution is 2.28. The number of hydrogen-bond donors (Lipinski definition) is 1. The number of nitrogens with zero attached hydrogens (tertiary/aromatic N) is 1. The van der Waals surface area contributed by atoms with Crippen LogP contribution < -0.4 is 0 Å². The van der Waals surface area contributed by atoms with Crippen molar-refractivity contribution in [1.82, 2.24) is 4.31 Å². The summed E-state index contributed by atoms with van der Waals surface area (Å²) in [5.74, 6) is -1.13. The molecule has 0 saturated carbocycles. The fourth-order valence-electron chi connectivity index (χ4n) is 1.68. The predicted octanol–water partition coefficient (Wildman–Crippen LogP) is 3.37. The molecule has 2 rings (SSSR count). The Kier molecular flexibility index (Phi) is 5.05. The van der Waals surface area contributed by atoms with E-state index in [2.05, 4.69) is 0 Å². The van der Waals surface area contributed by atoms with Crippen LogP contribution in [0.25, 0.3) is 0 Å². The summed E-state index contributed by atoms with van der Waals surface area (Å²) >= 11 is 7.92. The number of carboxylic acid groups (broad SMARTS) is 1. The van der Waals surface area contributed by atoms with Gasteiger partial charge in [-0.1, -0.05) is 18.5 Å². The molecule has 0 saturated heterocycles. The number of hydrogen-bond acceptors (Lipinski definition) is 5. The van der Waals surface area contributed by atoms with Gasteiger partial charge in [-0.3, -0.25) is 0 Å². The van der Waals surface area contributed by atoms with Crippen molar-refractivity contribution in [3.8, 4) is 0 Å². The summed E-state index contributed by atoms with van der Waals surface area (Å²) in [6.07, 6.45) is 0. The molecule has 0 aliphatic rings. The number of sulfonamides is 1. The third-order valence-electron chi connectivity index (χ3n) is 2.70. The van der Waals surface area contributed by atoms with Gasteiger partial charge in [0.1, 0.15) is 9.09 Å². The zero-order valence-electron chi connectivity index (χ0n) is 10.9. The highest BCUT2D eigenvalue weighted by molar-refractivity contribution is 7.91. The second-order valence-electron chi connectivity index (χ2n) is 4.06. The standard InChI is InChI=1S/C12H12ClNO4S3/c1-2-14(7-8-3-5-10(13)19-8)21(17,18)11-6-4-9(20-11)12(15)16/h3-6H,2,7H2,1H3,(H,15,16). The summed E-state index contributed by atoms with van der Waals surface area (Å²) in [5, 5.41) is 8.89. The quantitative estimate of drug-likeness (QED) is 0.851. The summed E-state index contributed by atoms with van der Waals surface area (Å²) < 4.78 is 27.0. The highest BCUT2D eigenvalue weighted by atomic mass is 35.5. The average molecular weight is 366 g/mol. The van der Waals surface area contributed by atoms with E-state index in [9.17, 15) is 13.2 Å². The predicted molar refractivity (Wildman–Crippen MR) is 83.9 cm³/mol. The Labute approximate surface area is 135 Å². The second-order valence-corrected chi connectivity index (χ2v) is 9.11. The summed E-state index contributed by atoms with van der Waals surface area (Å²) in [6.45, 7) is 2.24. The maximum absolute atomic E-state index is 12.5. The number of halogens is 1. The van der Waals surface area contributed by atoms with E-state index in [1.165, 1.54) is 27.8 Å². The van der Waals surface area contributed by atoms with E-state index >= 15 is 0 Å². The lowest BCUT2D eigenvalue weighted by Gasteiger charge is -2.18. The molecule has 2 heterocycles. The molecule has 0 aliphatic carbocycles. The molecule has 114 valence electrons. The third-order valence-corrected chi connectivity index (χ3v) is 7.38. The van der Waals surface area contributed by atoms with Crippen molar-refractivity contribution in [2.75, 3.05) is 6.54 Å². The molecule has 0 aromatic carbocycles. The van der Waals surface area contributed by atoms with Gasteiger partial charge in [-0.25, -0.2) is 13.2 Å². The number of carbonyl (C=O) groups is 1. The number of aromatic carboxylic acids is 1. The summed E-state index contributed by atoms with van der Waals surface area (Å²) in [6, 6.07) is 6.13. The van der Waals surface area contributed by atoms with Gasteiger partial charge in [-0.15, -0.1) is 22.7 Å². The van der Waals surface area contributed by atoms with Crippen LogP contribution in [0.5, 0.6) is 0 Å². The van der Waals surface area contributed by atoms with E-state index in [4.69, 9.17) is 16.7 Å². The van der Waals surface area contributed by atoms with Gasteiger partial charge in [0.25, 0.3) is 10.0 Å². The Bertz CT molecular complexity index is 750. The van der Waals surface area contributed by atoms with Gasteiger partial charge in [0.2, 0.25) is 0 Å². The SMILES string of the molecule is CCN(Cc1ccc(Cl)s1)S(=O)(=O)c1ccc(C(=O)O)s1. The van der Waals surface area contributed by atoms with E-state index in [0.717, 1.165) is 16.2 Å². The zero-order valence-corrected chi connectivity index (χ0v) is 14.2. The fraction of sp³-hybridized carbons (Fsp3) is 0.250. The molecule has 5 nitrogen and oxygen atoms in total. The van der Waals surface area contributed by atoms with E-state index in [-0.39, 0.29) is 22.2 Å². The lowest BCUT2D eigenvalue weighted by Crippen LogP contribution is -2.29.